The molecule has 3 aromatic rings. The van der Waals surface area contributed by atoms with E-state index in [1.165, 1.54) is 18.1 Å². The molecule has 0 bridgehead atoms. The number of carbonyl (C=O) groups excluding carboxylic acids is 3. The molecule has 0 saturated heterocycles. The van der Waals surface area contributed by atoms with Gasteiger partial charge in [-0.05, 0) is 61.6 Å². The predicted molar refractivity (Wildman–Crippen MR) is 131 cm³/mol. The molecule has 0 spiro atoms. The number of rotatable bonds is 8. The van der Waals surface area contributed by atoms with Gasteiger partial charge in [0.25, 0.3) is 5.91 Å². The Morgan fingerprint density at radius 2 is 1.71 bits per heavy atom. The van der Waals surface area contributed by atoms with Gasteiger partial charge in [-0.3, -0.25) is 19.3 Å². The molecular weight excluding hydrogens is 428 g/mol. The first kappa shape index (κ1) is 23.5. The highest BCUT2D eigenvalue weighted by molar-refractivity contribution is 6.12. The zero-order valence-electron chi connectivity index (χ0n) is 19.6. The summed E-state index contributed by atoms with van der Waals surface area (Å²) in [4.78, 5) is 41.5. The second-order valence-corrected chi connectivity index (χ2v) is 8.71. The molecule has 0 unspecified atom stereocenters. The van der Waals surface area contributed by atoms with Crippen molar-refractivity contribution < 1.29 is 18.8 Å². The predicted octanol–water partition coefficient (Wildman–Crippen LogP) is 5.49. The number of hydrogen-bond acceptors (Lipinski definition) is 4. The minimum atomic E-state index is -0.968. The summed E-state index contributed by atoms with van der Waals surface area (Å²) in [6.45, 7) is 3.52. The SMILES string of the molecule is CCc1ccc([C@@H](C(=O)NC2CCCC2)N(C(=O)c2ccco2)c2ccccc2C(C)=O)cc1. The first-order valence-corrected chi connectivity index (χ1v) is 11.9. The highest BCUT2D eigenvalue weighted by Gasteiger charge is 2.37. The van der Waals surface area contributed by atoms with Crippen LogP contribution in [0.25, 0.3) is 0 Å². The van der Waals surface area contributed by atoms with E-state index in [-0.39, 0.29) is 23.5 Å². The van der Waals surface area contributed by atoms with Crippen LogP contribution in [-0.2, 0) is 11.2 Å². The summed E-state index contributed by atoms with van der Waals surface area (Å²) in [6.07, 6.45) is 6.27. The summed E-state index contributed by atoms with van der Waals surface area (Å²) in [5.41, 5.74) is 2.55. The zero-order chi connectivity index (χ0) is 24.1. The zero-order valence-corrected chi connectivity index (χ0v) is 19.6. The van der Waals surface area contributed by atoms with Gasteiger partial charge in [-0.25, -0.2) is 0 Å². The van der Waals surface area contributed by atoms with Crippen LogP contribution < -0.4 is 10.2 Å². The molecule has 1 aliphatic rings. The van der Waals surface area contributed by atoms with Crippen LogP contribution in [0, 0.1) is 0 Å². The van der Waals surface area contributed by atoms with Crippen molar-refractivity contribution in [3.8, 4) is 0 Å². The number of amides is 2. The second-order valence-electron chi connectivity index (χ2n) is 8.71. The summed E-state index contributed by atoms with van der Waals surface area (Å²) in [7, 11) is 0. The molecule has 34 heavy (non-hydrogen) atoms. The number of hydrogen-bond donors (Lipinski definition) is 1. The van der Waals surface area contributed by atoms with E-state index in [4.69, 9.17) is 4.42 Å². The maximum absolute atomic E-state index is 13.8. The van der Waals surface area contributed by atoms with Gasteiger partial charge in [-0.15, -0.1) is 0 Å². The normalized spacial score (nSPS) is 14.5. The van der Waals surface area contributed by atoms with E-state index >= 15 is 0 Å². The van der Waals surface area contributed by atoms with Gasteiger partial charge < -0.3 is 9.73 Å². The molecule has 1 fully saturated rings. The smallest absolute Gasteiger partial charge is 0.294 e. The molecule has 2 amide bonds. The fourth-order valence-electron chi connectivity index (χ4n) is 4.57. The third-order valence-corrected chi connectivity index (χ3v) is 6.41. The van der Waals surface area contributed by atoms with E-state index in [2.05, 4.69) is 12.2 Å². The number of para-hydroxylation sites is 1. The molecule has 1 heterocycles. The van der Waals surface area contributed by atoms with Crippen molar-refractivity contribution in [2.24, 2.45) is 0 Å². The number of aryl methyl sites for hydroxylation is 1. The fraction of sp³-hybridized carbons (Fsp3) is 0.321. The number of nitrogens with zero attached hydrogens (tertiary/aromatic N) is 1. The van der Waals surface area contributed by atoms with Crippen molar-refractivity contribution in [1.82, 2.24) is 5.32 Å². The van der Waals surface area contributed by atoms with E-state index in [0.29, 0.717) is 16.8 Å². The monoisotopic (exact) mass is 458 g/mol. The highest BCUT2D eigenvalue weighted by atomic mass is 16.3. The number of benzene rings is 2. The number of carbonyl (C=O) groups is 3. The Kier molecular flexibility index (Phi) is 7.26. The quantitative estimate of drug-likeness (QED) is 0.453. The standard InChI is InChI=1S/C28H30N2O4/c1-3-20-14-16-21(17-15-20)26(27(32)29-22-9-4-5-10-22)30(28(33)25-13-8-18-34-25)24-12-7-6-11-23(24)19(2)31/h6-8,11-18,22,26H,3-5,9-10H2,1-2H3,(H,29,32)/t26-/m0/s1. The fourth-order valence-corrected chi connectivity index (χ4v) is 4.57. The number of furan rings is 1. The summed E-state index contributed by atoms with van der Waals surface area (Å²) in [5, 5.41) is 3.16. The van der Waals surface area contributed by atoms with Crippen LogP contribution in [0.2, 0.25) is 0 Å². The average Bonchev–Trinajstić information content (AvgIpc) is 3.57. The van der Waals surface area contributed by atoms with E-state index in [9.17, 15) is 14.4 Å². The topological polar surface area (TPSA) is 79.6 Å². The van der Waals surface area contributed by atoms with Gasteiger partial charge in [-0.2, -0.15) is 0 Å². The molecule has 6 heteroatoms. The maximum atomic E-state index is 13.8. The summed E-state index contributed by atoms with van der Waals surface area (Å²) >= 11 is 0. The highest BCUT2D eigenvalue weighted by Crippen LogP contribution is 2.33. The summed E-state index contributed by atoms with van der Waals surface area (Å²) in [5.74, 6) is -0.842. The van der Waals surface area contributed by atoms with Gasteiger partial charge in [0, 0.05) is 11.6 Å². The van der Waals surface area contributed by atoms with Crippen LogP contribution in [0.15, 0.2) is 71.3 Å². The number of nitrogens with one attached hydrogen (secondary N) is 1. The van der Waals surface area contributed by atoms with Crippen LogP contribution in [0.1, 0.15) is 77.6 Å². The lowest BCUT2D eigenvalue weighted by atomic mass is 9.98. The molecule has 1 N–H and O–H groups in total. The minimum absolute atomic E-state index is 0.0773. The number of anilines is 1. The largest absolute Gasteiger partial charge is 0.459 e. The molecule has 176 valence electrons. The molecular formula is C28H30N2O4. The lowest BCUT2D eigenvalue weighted by Crippen LogP contribution is -2.46. The Balaban J connectivity index is 1.86. The molecule has 1 aliphatic carbocycles. The molecule has 1 atom stereocenters. The van der Waals surface area contributed by atoms with Crippen LogP contribution in [0.4, 0.5) is 5.69 Å². The average molecular weight is 459 g/mol. The first-order valence-electron chi connectivity index (χ1n) is 11.9. The van der Waals surface area contributed by atoms with E-state index in [1.54, 1.807) is 36.4 Å². The summed E-state index contributed by atoms with van der Waals surface area (Å²) in [6, 6.07) is 16.9. The van der Waals surface area contributed by atoms with Gasteiger partial charge >= 0.3 is 0 Å². The lowest BCUT2D eigenvalue weighted by molar-refractivity contribution is -0.123. The van der Waals surface area contributed by atoms with Gasteiger partial charge in [0.1, 0.15) is 6.04 Å². The minimum Gasteiger partial charge on any atom is -0.459 e. The van der Waals surface area contributed by atoms with Crippen molar-refractivity contribution in [1.29, 1.82) is 0 Å². The molecule has 2 aromatic carbocycles. The Morgan fingerprint density at radius 3 is 2.32 bits per heavy atom. The molecule has 6 nitrogen and oxygen atoms in total. The van der Waals surface area contributed by atoms with Crippen molar-refractivity contribution in [2.45, 2.75) is 58.0 Å². The van der Waals surface area contributed by atoms with Crippen molar-refractivity contribution >= 4 is 23.3 Å². The van der Waals surface area contributed by atoms with Gasteiger partial charge in [0.2, 0.25) is 5.91 Å². The van der Waals surface area contributed by atoms with E-state index in [1.807, 2.05) is 24.3 Å². The second kappa shape index (κ2) is 10.5. The molecule has 4 rings (SSSR count). The van der Waals surface area contributed by atoms with Crippen molar-refractivity contribution in [3.63, 3.8) is 0 Å². The third-order valence-electron chi connectivity index (χ3n) is 6.41. The molecule has 0 aliphatic heterocycles. The molecule has 0 radical (unpaired) electrons. The van der Waals surface area contributed by atoms with Gasteiger partial charge in [0.15, 0.2) is 11.5 Å². The van der Waals surface area contributed by atoms with Crippen LogP contribution in [0.5, 0.6) is 0 Å². The Morgan fingerprint density at radius 1 is 1.00 bits per heavy atom. The van der Waals surface area contributed by atoms with Gasteiger partial charge in [0.05, 0.1) is 12.0 Å². The number of Topliss-reactive ketones (excluding diaryl/α,β-unsaturated/α-hetero) is 1. The van der Waals surface area contributed by atoms with Crippen LogP contribution in [-0.4, -0.2) is 23.6 Å². The summed E-state index contributed by atoms with van der Waals surface area (Å²) < 4.78 is 5.43. The third kappa shape index (κ3) is 4.96. The Bertz CT molecular complexity index is 1150. The Hall–Kier alpha value is -3.67. The maximum Gasteiger partial charge on any atom is 0.294 e. The number of ketones is 1. The van der Waals surface area contributed by atoms with E-state index in [0.717, 1.165) is 37.7 Å². The molecule has 1 aromatic heterocycles. The van der Waals surface area contributed by atoms with Crippen molar-refractivity contribution in [3.05, 3.63) is 89.4 Å². The Labute approximate surface area is 200 Å². The molecule has 1 saturated carbocycles. The van der Waals surface area contributed by atoms with Gasteiger partial charge in [-0.1, -0.05) is 56.2 Å². The van der Waals surface area contributed by atoms with E-state index < -0.39 is 11.9 Å². The first-order chi connectivity index (χ1) is 16.5. The van der Waals surface area contributed by atoms with Crippen molar-refractivity contribution in [2.75, 3.05) is 4.90 Å². The lowest BCUT2D eigenvalue weighted by Gasteiger charge is -2.33. The van der Waals surface area contributed by atoms with Crippen LogP contribution >= 0.6 is 0 Å². The van der Waals surface area contributed by atoms with Crippen LogP contribution in [0.3, 0.4) is 0 Å².